The Morgan fingerprint density at radius 1 is 1.28 bits per heavy atom. The summed E-state index contributed by atoms with van der Waals surface area (Å²) in [7, 11) is 1.17. The minimum absolute atomic E-state index is 0.233. The van der Waals surface area contributed by atoms with Gasteiger partial charge < -0.3 is 10.2 Å². The largest absolute Gasteiger partial charge is 0.418 e. The number of carbonyl (C=O) groups excluding carboxylic acids is 2. The fourth-order valence-corrected chi connectivity index (χ4v) is 3.60. The number of carbonyl (C=O) groups is 2. The molecule has 0 saturated carbocycles. The van der Waals surface area contributed by atoms with Crippen molar-refractivity contribution in [1.29, 1.82) is 0 Å². The van der Waals surface area contributed by atoms with E-state index < -0.39 is 52.2 Å². The highest BCUT2D eigenvalue weighted by molar-refractivity contribution is 6.31. The van der Waals surface area contributed by atoms with Crippen LogP contribution in [0.15, 0.2) is 36.5 Å². The zero-order valence-corrected chi connectivity index (χ0v) is 16.9. The standard InChI is InChI=1S/C19H13ClF5N5O2/c1-28(12-5-4-10(21)15(20)16(12)22)17(31)13-8-26-18(32)30(13)14-7-9(19(23,24)25)11-3-2-6-29(11)27-14/h2-7,13H,8H2,1H3,(H,26,32)/t13-/m0/s1. The first-order valence-corrected chi connectivity index (χ1v) is 9.42. The molecule has 2 aromatic heterocycles. The molecule has 3 aromatic rings. The molecule has 3 heterocycles. The summed E-state index contributed by atoms with van der Waals surface area (Å²) in [4.78, 5) is 27.0. The van der Waals surface area contributed by atoms with Gasteiger partial charge in [-0.05, 0) is 30.3 Å². The Kier molecular flexibility index (Phi) is 5.19. The van der Waals surface area contributed by atoms with E-state index in [1.165, 1.54) is 25.4 Å². The number of hydrogen-bond donors (Lipinski definition) is 1. The van der Waals surface area contributed by atoms with Crippen LogP contribution in [-0.2, 0) is 11.0 Å². The molecule has 1 saturated heterocycles. The van der Waals surface area contributed by atoms with E-state index in [2.05, 4.69) is 10.4 Å². The molecule has 32 heavy (non-hydrogen) atoms. The number of anilines is 2. The van der Waals surface area contributed by atoms with Gasteiger partial charge in [-0.15, -0.1) is 5.10 Å². The van der Waals surface area contributed by atoms with Crippen LogP contribution in [0.1, 0.15) is 5.56 Å². The van der Waals surface area contributed by atoms with Gasteiger partial charge in [-0.1, -0.05) is 11.6 Å². The normalized spacial score (nSPS) is 16.5. The Bertz CT molecular complexity index is 1240. The molecule has 1 aliphatic rings. The maximum Gasteiger partial charge on any atom is 0.418 e. The van der Waals surface area contributed by atoms with E-state index in [9.17, 15) is 31.5 Å². The average molecular weight is 474 g/mol. The minimum atomic E-state index is -4.75. The summed E-state index contributed by atoms with van der Waals surface area (Å²) in [5.74, 6) is -3.51. The van der Waals surface area contributed by atoms with Crippen molar-refractivity contribution < 1.29 is 31.5 Å². The lowest BCUT2D eigenvalue weighted by Crippen LogP contribution is -2.47. The van der Waals surface area contributed by atoms with Crippen LogP contribution in [0.2, 0.25) is 5.02 Å². The fourth-order valence-electron chi connectivity index (χ4n) is 3.44. The second-order valence-electron chi connectivity index (χ2n) is 6.92. The molecule has 4 rings (SSSR count). The molecule has 0 bridgehead atoms. The first-order chi connectivity index (χ1) is 15.0. The van der Waals surface area contributed by atoms with Crippen LogP contribution in [0.4, 0.5) is 38.3 Å². The first kappa shape index (κ1) is 21.8. The molecule has 7 nitrogen and oxygen atoms in total. The van der Waals surface area contributed by atoms with Gasteiger partial charge in [-0.25, -0.2) is 18.1 Å². The van der Waals surface area contributed by atoms with E-state index >= 15 is 0 Å². The number of nitrogens with one attached hydrogen (secondary N) is 1. The van der Waals surface area contributed by atoms with Crippen molar-refractivity contribution in [2.75, 3.05) is 23.4 Å². The molecule has 1 aliphatic heterocycles. The van der Waals surface area contributed by atoms with Crippen molar-refractivity contribution in [3.8, 4) is 0 Å². The molecule has 0 unspecified atom stereocenters. The Labute approximate surface area is 182 Å². The number of benzene rings is 1. The molecule has 1 atom stereocenters. The molecule has 0 radical (unpaired) electrons. The van der Waals surface area contributed by atoms with E-state index in [1.54, 1.807) is 0 Å². The van der Waals surface area contributed by atoms with Gasteiger partial charge in [-0.3, -0.25) is 9.69 Å². The van der Waals surface area contributed by atoms with E-state index in [1.807, 2.05) is 0 Å². The highest BCUT2D eigenvalue weighted by Crippen LogP contribution is 2.35. The van der Waals surface area contributed by atoms with Crippen LogP contribution in [0.3, 0.4) is 0 Å². The lowest BCUT2D eigenvalue weighted by molar-refractivity contribution is -0.136. The van der Waals surface area contributed by atoms with E-state index in [0.717, 1.165) is 26.4 Å². The smallest absolute Gasteiger partial charge is 0.335 e. The van der Waals surface area contributed by atoms with Crippen molar-refractivity contribution >= 4 is 40.6 Å². The molecular weight excluding hydrogens is 461 g/mol. The first-order valence-electron chi connectivity index (χ1n) is 9.04. The second kappa shape index (κ2) is 7.62. The SMILES string of the molecule is CN(C(=O)[C@@H]1CNC(=O)N1c1cc(C(F)(F)F)c2cccn2n1)c1ccc(F)c(Cl)c1F. The zero-order chi connectivity index (χ0) is 23.4. The molecule has 3 amide bonds. The highest BCUT2D eigenvalue weighted by atomic mass is 35.5. The predicted octanol–water partition coefficient (Wildman–Crippen LogP) is 3.85. The van der Waals surface area contributed by atoms with Crippen molar-refractivity contribution in [3.63, 3.8) is 0 Å². The summed E-state index contributed by atoms with van der Waals surface area (Å²) in [6.07, 6.45) is -3.49. The molecule has 1 aromatic carbocycles. The van der Waals surface area contributed by atoms with Crippen LogP contribution in [0.5, 0.6) is 0 Å². The Morgan fingerprint density at radius 2 is 2.00 bits per heavy atom. The highest BCUT2D eigenvalue weighted by Gasteiger charge is 2.42. The van der Waals surface area contributed by atoms with Gasteiger partial charge in [0.2, 0.25) is 0 Å². The van der Waals surface area contributed by atoms with Gasteiger partial charge in [0, 0.05) is 19.8 Å². The van der Waals surface area contributed by atoms with Gasteiger partial charge in [0.15, 0.2) is 11.6 Å². The zero-order valence-electron chi connectivity index (χ0n) is 16.1. The molecule has 13 heteroatoms. The van der Waals surface area contributed by atoms with Gasteiger partial charge in [0.05, 0.1) is 16.8 Å². The quantitative estimate of drug-likeness (QED) is 0.464. The van der Waals surface area contributed by atoms with Crippen LogP contribution in [-0.4, -0.2) is 41.2 Å². The Balaban J connectivity index is 1.75. The summed E-state index contributed by atoms with van der Waals surface area (Å²) in [6, 6.07) is 2.85. The second-order valence-corrected chi connectivity index (χ2v) is 7.29. The van der Waals surface area contributed by atoms with Crippen LogP contribution in [0, 0.1) is 11.6 Å². The van der Waals surface area contributed by atoms with Crippen molar-refractivity contribution in [2.45, 2.75) is 12.2 Å². The minimum Gasteiger partial charge on any atom is -0.335 e. The number of hydrogen-bond acceptors (Lipinski definition) is 3. The fraction of sp³-hybridized carbons (Fsp3) is 0.211. The number of rotatable bonds is 3. The monoisotopic (exact) mass is 473 g/mol. The number of aromatic nitrogens is 2. The summed E-state index contributed by atoms with van der Waals surface area (Å²) in [5, 5.41) is 5.56. The Hall–Kier alpha value is -3.41. The number of nitrogens with zero attached hydrogens (tertiary/aromatic N) is 4. The van der Waals surface area contributed by atoms with Crippen LogP contribution in [0.25, 0.3) is 5.52 Å². The predicted molar refractivity (Wildman–Crippen MR) is 105 cm³/mol. The van der Waals surface area contributed by atoms with Crippen molar-refractivity contribution in [1.82, 2.24) is 14.9 Å². The lowest BCUT2D eigenvalue weighted by Gasteiger charge is -2.27. The number of likely N-dealkylation sites (N-methyl/N-ethyl adjacent to an activating group) is 1. The number of alkyl halides is 3. The molecule has 168 valence electrons. The summed E-state index contributed by atoms with van der Waals surface area (Å²) in [5.41, 5.74) is -1.66. The topological polar surface area (TPSA) is 70.0 Å². The summed E-state index contributed by atoms with van der Waals surface area (Å²) in [6.45, 7) is -0.273. The third kappa shape index (κ3) is 3.49. The van der Waals surface area contributed by atoms with Crippen LogP contribution < -0.4 is 15.1 Å². The maximum atomic E-state index is 14.4. The van der Waals surface area contributed by atoms with Gasteiger partial charge >= 0.3 is 12.2 Å². The lowest BCUT2D eigenvalue weighted by atomic mass is 10.2. The third-order valence-corrected chi connectivity index (χ3v) is 5.36. The van der Waals surface area contributed by atoms with E-state index in [4.69, 9.17) is 11.6 Å². The van der Waals surface area contributed by atoms with E-state index in [-0.39, 0.29) is 17.7 Å². The summed E-state index contributed by atoms with van der Waals surface area (Å²) < 4.78 is 69.4. The molecular formula is C19H13ClF5N5O2. The molecule has 1 N–H and O–H groups in total. The molecule has 1 fully saturated rings. The van der Waals surface area contributed by atoms with Crippen molar-refractivity contribution in [2.24, 2.45) is 0 Å². The maximum absolute atomic E-state index is 14.4. The summed E-state index contributed by atoms with van der Waals surface area (Å²) >= 11 is 5.56. The van der Waals surface area contributed by atoms with Crippen LogP contribution >= 0.6 is 11.6 Å². The van der Waals surface area contributed by atoms with Gasteiger partial charge in [-0.2, -0.15) is 13.2 Å². The number of urea groups is 1. The number of amides is 3. The van der Waals surface area contributed by atoms with Crippen molar-refractivity contribution in [3.05, 3.63) is 58.7 Å². The van der Waals surface area contributed by atoms with E-state index in [0.29, 0.717) is 6.07 Å². The van der Waals surface area contributed by atoms with Gasteiger partial charge in [0.25, 0.3) is 5.91 Å². The molecule has 0 spiro atoms. The molecule has 0 aliphatic carbocycles. The average Bonchev–Trinajstić information content (AvgIpc) is 3.35. The third-order valence-electron chi connectivity index (χ3n) is 5.01. The Morgan fingerprint density at radius 3 is 2.69 bits per heavy atom. The number of fused-ring (bicyclic) bond motifs is 1. The van der Waals surface area contributed by atoms with Gasteiger partial charge in [0.1, 0.15) is 16.9 Å². The number of halogens is 6.